The van der Waals surface area contributed by atoms with Crippen molar-refractivity contribution in [1.29, 1.82) is 0 Å². The smallest absolute Gasteiger partial charge is 0.253 e. The van der Waals surface area contributed by atoms with Gasteiger partial charge in [-0.2, -0.15) is 0 Å². The van der Waals surface area contributed by atoms with Crippen LogP contribution >= 0.6 is 11.6 Å². The zero-order chi connectivity index (χ0) is 23.4. The Morgan fingerprint density at radius 1 is 1.03 bits per heavy atom. The molecule has 1 aliphatic heterocycles. The Bertz CT molecular complexity index is 1200. The van der Waals surface area contributed by atoms with E-state index >= 15 is 0 Å². The summed E-state index contributed by atoms with van der Waals surface area (Å²) in [6.07, 6.45) is 0.0667. The first-order chi connectivity index (χ1) is 15.9. The molecule has 0 bridgehead atoms. The lowest BCUT2D eigenvalue weighted by atomic mass is 10.1. The van der Waals surface area contributed by atoms with E-state index in [1.807, 2.05) is 0 Å². The maximum Gasteiger partial charge on any atom is 0.253 e. The monoisotopic (exact) mass is 465 g/mol. The molecule has 0 unspecified atom stereocenters. The molecule has 3 amide bonds. The third-order valence-electron chi connectivity index (χ3n) is 5.41. The van der Waals surface area contributed by atoms with Crippen molar-refractivity contribution >= 4 is 40.7 Å². The molecular formula is C25H21ClFN3O3. The molecule has 0 aliphatic carbocycles. The van der Waals surface area contributed by atoms with E-state index < -0.39 is 5.92 Å². The second kappa shape index (κ2) is 9.83. The van der Waals surface area contributed by atoms with Crippen molar-refractivity contribution in [2.24, 2.45) is 5.92 Å². The van der Waals surface area contributed by atoms with Crippen LogP contribution in [0.25, 0.3) is 0 Å². The summed E-state index contributed by atoms with van der Waals surface area (Å²) in [4.78, 5) is 39.6. The first-order valence-electron chi connectivity index (χ1n) is 10.4. The summed E-state index contributed by atoms with van der Waals surface area (Å²) in [5, 5.41) is 6.07. The summed E-state index contributed by atoms with van der Waals surface area (Å²) < 4.78 is 13.1. The molecule has 0 aromatic heterocycles. The minimum absolute atomic E-state index is 0.0667. The van der Waals surface area contributed by atoms with Gasteiger partial charge < -0.3 is 15.5 Å². The summed E-state index contributed by atoms with van der Waals surface area (Å²) in [5.74, 6) is -1.79. The predicted octanol–water partition coefficient (Wildman–Crippen LogP) is 4.40. The lowest BCUT2D eigenvalue weighted by Gasteiger charge is -2.17. The Hall–Kier alpha value is -3.71. The topological polar surface area (TPSA) is 78.5 Å². The van der Waals surface area contributed by atoms with Crippen molar-refractivity contribution < 1.29 is 18.8 Å². The SMILES string of the molecule is O=C(NCc1ccc(F)cc1)c1ccccc1NC(=O)[C@H]1CC(=O)N(c2cccc(Cl)c2)C1. The summed E-state index contributed by atoms with van der Waals surface area (Å²) in [6.45, 7) is 0.442. The van der Waals surface area contributed by atoms with Gasteiger partial charge >= 0.3 is 0 Å². The van der Waals surface area contributed by atoms with E-state index in [2.05, 4.69) is 10.6 Å². The molecule has 0 spiro atoms. The quantitative estimate of drug-likeness (QED) is 0.566. The Balaban J connectivity index is 1.42. The summed E-state index contributed by atoms with van der Waals surface area (Å²) >= 11 is 6.02. The first kappa shape index (κ1) is 22.5. The molecule has 1 aliphatic rings. The van der Waals surface area contributed by atoms with Crippen LogP contribution in [0.5, 0.6) is 0 Å². The van der Waals surface area contributed by atoms with Crippen LogP contribution in [0.15, 0.2) is 72.8 Å². The normalized spacial score (nSPS) is 15.4. The highest BCUT2D eigenvalue weighted by Gasteiger charge is 2.35. The van der Waals surface area contributed by atoms with Gasteiger partial charge in [0, 0.05) is 30.2 Å². The van der Waals surface area contributed by atoms with E-state index in [0.717, 1.165) is 5.56 Å². The van der Waals surface area contributed by atoms with Crippen molar-refractivity contribution in [2.45, 2.75) is 13.0 Å². The molecule has 1 saturated heterocycles. The van der Waals surface area contributed by atoms with E-state index in [-0.39, 0.29) is 43.0 Å². The Kier molecular flexibility index (Phi) is 6.70. The maximum atomic E-state index is 13.1. The van der Waals surface area contributed by atoms with E-state index in [1.54, 1.807) is 60.7 Å². The predicted molar refractivity (Wildman–Crippen MR) is 125 cm³/mol. The number of hydrogen-bond donors (Lipinski definition) is 2. The number of benzene rings is 3. The molecule has 3 aromatic rings. The second-order valence-corrected chi connectivity index (χ2v) is 8.17. The molecule has 2 N–H and O–H groups in total. The van der Waals surface area contributed by atoms with Crippen molar-refractivity contribution in [3.8, 4) is 0 Å². The van der Waals surface area contributed by atoms with Crippen LogP contribution in [0.4, 0.5) is 15.8 Å². The first-order valence-corrected chi connectivity index (χ1v) is 10.8. The van der Waals surface area contributed by atoms with E-state index in [4.69, 9.17) is 11.6 Å². The average Bonchev–Trinajstić information content (AvgIpc) is 3.21. The number of carbonyl (C=O) groups excluding carboxylic acids is 3. The van der Waals surface area contributed by atoms with Gasteiger partial charge in [0.05, 0.1) is 17.2 Å². The van der Waals surface area contributed by atoms with Crippen LogP contribution < -0.4 is 15.5 Å². The van der Waals surface area contributed by atoms with Crippen molar-refractivity contribution in [1.82, 2.24) is 5.32 Å². The zero-order valence-corrected chi connectivity index (χ0v) is 18.3. The Labute approximate surface area is 195 Å². The van der Waals surface area contributed by atoms with Gasteiger partial charge in [0.1, 0.15) is 5.82 Å². The number of rotatable bonds is 6. The van der Waals surface area contributed by atoms with Crippen LogP contribution in [0, 0.1) is 11.7 Å². The van der Waals surface area contributed by atoms with Crippen molar-refractivity contribution in [3.05, 3.63) is 94.8 Å². The van der Waals surface area contributed by atoms with E-state index in [0.29, 0.717) is 22.0 Å². The lowest BCUT2D eigenvalue weighted by molar-refractivity contribution is -0.122. The summed E-state index contributed by atoms with van der Waals surface area (Å²) in [5.41, 5.74) is 2.04. The van der Waals surface area contributed by atoms with E-state index in [1.165, 1.54) is 17.0 Å². The number of hydrogen-bond acceptors (Lipinski definition) is 3. The number of nitrogens with zero attached hydrogens (tertiary/aromatic N) is 1. The summed E-state index contributed by atoms with van der Waals surface area (Å²) in [7, 11) is 0. The van der Waals surface area contributed by atoms with Crippen molar-refractivity contribution in [3.63, 3.8) is 0 Å². The van der Waals surface area contributed by atoms with Gasteiger partial charge in [-0.3, -0.25) is 14.4 Å². The number of anilines is 2. The van der Waals surface area contributed by atoms with Gasteiger partial charge in [0.15, 0.2) is 0 Å². The van der Waals surface area contributed by atoms with Gasteiger partial charge in [-0.1, -0.05) is 41.9 Å². The van der Waals surface area contributed by atoms with Crippen LogP contribution in [-0.4, -0.2) is 24.3 Å². The molecule has 3 aromatic carbocycles. The molecule has 1 heterocycles. The van der Waals surface area contributed by atoms with E-state index in [9.17, 15) is 18.8 Å². The fraction of sp³-hybridized carbons (Fsp3) is 0.160. The number of amides is 3. The number of halogens is 2. The molecular weight excluding hydrogens is 445 g/mol. The molecule has 4 rings (SSSR count). The summed E-state index contributed by atoms with van der Waals surface area (Å²) in [6, 6.07) is 19.4. The van der Waals surface area contributed by atoms with Crippen LogP contribution in [-0.2, 0) is 16.1 Å². The Morgan fingerprint density at radius 3 is 2.55 bits per heavy atom. The van der Waals surface area contributed by atoms with Crippen LogP contribution in [0.2, 0.25) is 5.02 Å². The highest BCUT2D eigenvalue weighted by molar-refractivity contribution is 6.31. The number of para-hydroxylation sites is 1. The Morgan fingerprint density at radius 2 is 1.79 bits per heavy atom. The van der Waals surface area contributed by atoms with Gasteiger partial charge in [-0.05, 0) is 48.0 Å². The minimum atomic E-state index is -0.563. The highest BCUT2D eigenvalue weighted by Crippen LogP contribution is 2.28. The third-order valence-corrected chi connectivity index (χ3v) is 5.65. The van der Waals surface area contributed by atoms with Gasteiger partial charge in [0.2, 0.25) is 11.8 Å². The van der Waals surface area contributed by atoms with Crippen molar-refractivity contribution in [2.75, 3.05) is 16.8 Å². The lowest BCUT2D eigenvalue weighted by Crippen LogP contribution is -2.29. The maximum absolute atomic E-state index is 13.1. The average molecular weight is 466 g/mol. The zero-order valence-electron chi connectivity index (χ0n) is 17.6. The molecule has 0 radical (unpaired) electrons. The third kappa shape index (κ3) is 5.38. The molecule has 0 saturated carbocycles. The molecule has 6 nitrogen and oxygen atoms in total. The molecule has 1 atom stereocenters. The highest BCUT2D eigenvalue weighted by atomic mass is 35.5. The minimum Gasteiger partial charge on any atom is -0.348 e. The molecule has 33 heavy (non-hydrogen) atoms. The van der Waals surface area contributed by atoms with Crippen LogP contribution in [0.3, 0.4) is 0 Å². The molecule has 168 valence electrons. The van der Waals surface area contributed by atoms with Gasteiger partial charge in [-0.25, -0.2) is 4.39 Å². The fourth-order valence-corrected chi connectivity index (χ4v) is 3.87. The van der Waals surface area contributed by atoms with Crippen LogP contribution in [0.1, 0.15) is 22.3 Å². The second-order valence-electron chi connectivity index (χ2n) is 7.73. The largest absolute Gasteiger partial charge is 0.348 e. The standard InChI is InChI=1S/C25H21ClFN3O3/c26-18-4-3-5-20(13-18)30-15-17(12-23(30)31)24(32)29-22-7-2-1-6-21(22)25(33)28-14-16-8-10-19(27)11-9-16/h1-11,13,17H,12,14-15H2,(H,28,33)(H,29,32)/t17-/m0/s1. The van der Waals surface area contributed by atoms with Gasteiger partial charge in [0.25, 0.3) is 5.91 Å². The molecule has 8 heteroatoms. The number of nitrogens with one attached hydrogen (secondary N) is 2. The number of carbonyl (C=O) groups is 3. The molecule has 1 fully saturated rings. The fourth-order valence-electron chi connectivity index (χ4n) is 3.68. The van der Waals surface area contributed by atoms with Gasteiger partial charge in [-0.15, -0.1) is 0 Å².